The average Bonchev–Trinajstić information content (AvgIpc) is 2.84. The van der Waals surface area contributed by atoms with Crippen LogP contribution in [-0.4, -0.2) is 64.3 Å². The van der Waals surface area contributed by atoms with Gasteiger partial charge in [0.15, 0.2) is 0 Å². The highest BCUT2D eigenvalue weighted by atomic mass is 19.4. The number of aliphatic carboxylic acids is 1. The van der Waals surface area contributed by atoms with Gasteiger partial charge in [-0.1, -0.05) is 0 Å². The molecule has 190 valence electrons. The second-order valence-corrected chi connectivity index (χ2v) is 7.50. The lowest BCUT2D eigenvalue weighted by Crippen LogP contribution is -2.50. The Morgan fingerprint density at radius 3 is 2.19 bits per heavy atom. The molecule has 4 rings (SSSR count). The number of benzene rings is 2. The molecule has 1 aromatic heterocycles. The van der Waals surface area contributed by atoms with Crippen molar-refractivity contribution in [1.29, 1.82) is 0 Å². The van der Waals surface area contributed by atoms with Crippen LogP contribution in [0.2, 0.25) is 0 Å². The molecule has 0 radical (unpaired) electrons. The fraction of sp³-hybridized carbons (Fsp3) is 0.227. The molecule has 10 nitrogen and oxygen atoms in total. The SMILES string of the molecule is O=C(Nc1ccc(F)cc1)N1CCN(c2ccnc3cc([N+](=O)[O-])ccc23)CC1.O=C(O)C(F)(F)F. The summed E-state index contributed by atoms with van der Waals surface area (Å²) in [5, 5.41) is 21.7. The lowest BCUT2D eigenvalue weighted by Gasteiger charge is -2.36. The minimum atomic E-state index is -5.08. The van der Waals surface area contributed by atoms with Gasteiger partial charge in [0.1, 0.15) is 5.82 Å². The Bertz CT molecular complexity index is 1260. The summed E-state index contributed by atoms with van der Waals surface area (Å²) in [6, 6.07) is 11.9. The number of aromatic nitrogens is 1. The van der Waals surface area contributed by atoms with Gasteiger partial charge in [0, 0.05) is 61.3 Å². The number of nitro groups is 1. The smallest absolute Gasteiger partial charge is 0.475 e. The lowest BCUT2D eigenvalue weighted by atomic mass is 10.1. The van der Waals surface area contributed by atoms with Crippen LogP contribution >= 0.6 is 0 Å². The van der Waals surface area contributed by atoms with Gasteiger partial charge in [-0.05, 0) is 36.4 Å². The molecule has 0 aliphatic carbocycles. The van der Waals surface area contributed by atoms with Crippen molar-refractivity contribution in [3.63, 3.8) is 0 Å². The summed E-state index contributed by atoms with van der Waals surface area (Å²) < 4.78 is 44.7. The normalized spacial score (nSPS) is 13.6. The van der Waals surface area contributed by atoms with Gasteiger partial charge in [-0.15, -0.1) is 0 Å². The Labute approximate surface area is 200 Å². The number of anilines is 2. The molecule has 14 heteroatoms. The number of urea groups is 1. The molecule has 0 bridgehead atoms. The van der Waals surface area contributed by atoms with Crippen LogP contribution in [0.15, 0.2) is 54.7 Å². The van der Waals surface area contributed by atoms with Crippen molar-refractivity contribution in [2.24, 2.45) is 0 Å². The van der Waals surface area contributed by atoms with E-state index in [0.717, 1.165) is 11.1 Å². The maximum Gasteiger partial charge on any atom is 0.490 e. The molecule has 2 aromatic carbocycles. The molecule has 2 amide bonds. The van der Waals surface area contributed by atoms with Crippen LogP contribution in [0.5, 0.6) is 0 Å². The number of alkyl halides is 3. The monoisotopic (exact) mass is 509 g/mol. The summed E-state index contributed by atoms with van der Waals surface area (Å²) in [6.45, 7) is 2.27. The zero-order valence-corrected chi connectivity index (χ0v) is 18.4. The first-order chi connectivity index (χ1) is 17.0. The molecule has 0 spiro atoms. The summed E-state index contributed by atoms with van der Waals surface area (Å²) in [6.07, 6.45) is -3.45. The van der Waals surface area contributed by atoms with E-state index in [-0.39, 0.29) is 17.5 Å². The van der Waals surface area contributed by atoms with E-state index in [2.05, 4.69) is 15.2 Å². The Morgan fingerprint density at radius 2 is 1.64 bits per heavy atom. The number of nitro benzene ring substituents is 1. The predicted molar refractivity (Wildman–Crippen MR) is 121 cm³/mol. The van der Waals surface area contributed by atoms with Gasteiger partial charge in [0.2, 0.25) is 0 Å². The van der Waals surface area contributed by atoms with E-state index >= 15 is 0 Å². The number of pyridine rings is 1. The minimum Gasteiger partial charge on any atom is -0.475 e. The topological polar surface area (TPSA) is 129 Å². The van der Waals surface area contributed by atoms with Gasteiger partial charge in [0.25, 0.3) is 5.69 Å². The van der Waals surface area contributed by atoms with Crippen LogP contribution in [0.25, 0.3) is 10.9 Å². The number of piperazine rings is 1. The highest BCUT2D eigenvalue weighted by Gasteiger charge is 2.38. The first kappa shape index (κ1) is 26.1. The van der Waals surface area contributed by atoms with Gasteiger partial charge < -0.3 is 20.2 Å². The van der Waals surface area contributed by atoms with E-state index in [1.54, 1.807) is 17.2 Å². The van der Waals surface area contributed by atoms with E-state index in [1.807, 2.05) is 6.07 Å². The second-order valence-electron chi connectivity index (χ2n) is 7.50. The van der Waals surface area contributed by atoms with Crippen LogP contribution in [0, 0.1) is 15.9 Å². The number of carboxylic acids is 1. The number of nitrogens with one attached hydrogen (secondary N) is 1. The fourth-order valence-corrected chi connectivity index (χ4v) is 3.40. The molecule has 36 heavy (non-hydrogen) atoms. The highest BCUT2D eigenvalue weighted by Crippen LogP contribution is 2.29. The van der Waals surface area contributed by atoms with Crippen LogP contribution in [0.3, 0.4) is 0 Å². The van der Waals surface area contributed by atoms with E-state index in [9.17, 15) is 32.5 Å². The molecular formula is C22H19F4N5O5. The third-order valence-corrected chi connectivity index (χ3v) is 5.16. The molecule has 0 saturated carbocycles. The van der Waals surface area contributed by atoms with E-state index in [4.69, 9.17) is 9.90 Å². The summed E-state index contributed by atoms with van der Waals surface area (Å²) >= 11 is 0. The molecule has 1 aliphatic heterocycles. The summed E-state index contributed by atoms with van der Waals surface area (Å²) in [7, 11) is 0. The highest BCUT2D eigenvalue weighted by molar-refractivity contribution is 5.93. The molecule has 0 unspecified atom stereocenters. The van der Waals surface area contributed by atoms with Gasteiger partial charge in [-0.3, -0.25) is 15.1 Å². The Kier molecular flexibility index (Phi) is 7.86. The predicted octanol–water partition coefficient (Wildman–Crippen LogP) is 4.27. The van der Waals surface area contributed by atoms with Crippen molar-refractivity contribution >= 4 is 40.0 Å². The first-order valence-electron chi connectivity index (χ1n) is 10.4. The maximum absolute atomic E-state index is 13.0. The molecule has 1 saturated heterocycles. The zero-order chi connectivity index (χ0) is 26.5. The number of amides is 2. The van der Waals surface area contributed by atoms with Crippen molar-refractivity contribution in [2.75, 3.05) is 36.4 Å². The molecule has 2 heterocycles. The van der Waals surface area contributed by atoms with Crippen LogP contribution < -0.4 is 10.2 Å². The molecule has 2 N–H and O–H groups in total. The quantitative estimate of drug-likeness (QED) is 0.307. The Morgan fingerprint density at radius 1 is 1.03 bits per heavy atom. The number of nitrogens with zero attached hydrogens (tertiary/aromatic N) is 4. The lowest BCUT2D eigenvalue weighted by molar-refractivity contribution is -0.384. The second kappa shape index (κ2) is 10.8. The molecular weight excluding hydrogens is 490 g/mol. The number of hydrogen-bond acceptors (Lipinski definition) is 6. The van der Waals surface area contributed by atoms with Crippen molar-refractivity contribution in [3.05, 3.63) is 70.7 Å². The minimum absolute atomic E-state index is 0.00411. The Hall–Kier alpha value is -4.49. The van der Waals surface area contributed by atoms with Crippen molar-refractivity contribution < 1.29 is 37.2 Å². The maximum atomic E-state index is 13.0. The van der Waals surface area contributed by atoms with Crippen LogP contribution in [0.1, 0.15) is 0 Å². The number of carbonyl (C=O) groups is 2. The molecule has 1 fully saturated rings. The first-order valence-corrected chi connectivity index (χ1v) is 10.4. The van der Waals surface area contributed by atoms with Crippen molar-refractivity contribution in [3.8, 4) is 0 Å². The number of halogens is 4. The molecule has 1 aliphatic rings. The largest absolute Gasteiger partial charge is 0.490 e. The fourth-order valence-electron chi connectivity index (χ4n) is 3.40. The van der Waals surface area contributed by atoms with E-state index in [1.165, 1.54) is 36.4 Å². The summed E-state index contributed by atoms with van der Waals surface area (Å²) in [5.41, 5.74) is 2.04. The number of rotatable bonds is 3. The standard InChI is InChI=1S/C20H18FN5O3.C2HF3O2/c21-14-1-3-15(4-2-14)23-20(27)25-11-9-24(10-12-25)19-7-8-22-18-13-16(26(28)29)5-6-17(18)19;3-2(4,5)1(6)7/h1-8,13H,9-12H2,(H,23,27);(H,6,7). The number of non-ortho nitro benzene ring substituents is 1. The van der Waals surface area contributed by atoms with Gasteiger partial charge >= 0.3 is 18.2 Å². The zero-order valence-electron chi connectivity index (χ0n) is 18.4. The summed E-state index contributed by atoms with van der Waals surface area (Å²) in [5.74, 6) is -3.11. The third-order valence-electron chi connectivity index (χ3n) is 5.16. The van der Waals surface area contributed by atoms with Gasteiger partial charge in [0.05, 0.1) is 10.4 Å². The number of fused-ring (bicyclic) bond motifs is 1. The van der Waals surface area contributed by atoms with E-state index in [0.29, 0.717) is 37.4 Å². The number of carboxylic acid groups (broad SMARTS) is 1. The van der Waals surface area contributed by atoms with Crippen molar-refractivity contribution in [2.45, 2.75) is 6.18 Å². The van der Waals surface area contributed by atoms with Crippen molar-refractivity contribution in [1.82, 2.24) is 9.88 Å². The van der Waals surface area contributed by atoms with Gasteiger partial charge in [-0.25, -0.2) is 14.0 Å². The molecule has 3 aromatic rings. The number of hydrogen-bond donors (Lipinski definition) is 2. The summed E-state index contributed by atoms with van der Waals surface area (Å²) in [4.78, 5) is 40.0. The number of carbonyl (C=O) groups excluding carboxylic acids is 1. The Balaban J connectivity index is 0.000000454. The molecule has 0 atom stereocenters. The van der Waals surface area contributed by atoms with E-state index < -0.39 is 17.1 Å². The van der Waals surface area contributed by atoms with Crippen LogP contribution in [0.4, 0.5) is 39.4 Å². The van der Waals surface area contributed by atoms with Gasteiger partial charge in [-0.2, -0.15) is 13.2 Å². The average molecular weight is 509 g/mol. The van der Waals surface area contributed by atoms with Crippen LogP contribution in [-0.2, 0) is 4.79 Å². The third kappa shape index (κ3) is 6.55.